The van der Waals surface area contributed by atoms with E-state index in [2.05, 4.69) is 15.1 Å². The van der Waals surface area contributed by atoms with Crippen LogP contribution < -0.4 is 5.73 Å². The highest BCUT2D eigenvalue weighted by Gasteiger charge is 2.11. The van der Waals surface area contributed by atoms with Gasteiger partial charge in [0.2, 0.25) is 0 Å². The molecule has 0 atom stereocenters. The molecule has 106 valence electrons. The van der Waals surface area contributed by atoms with Crippen molar-refractivity contribution in [2.75, 3.05) is 5.73 Å². The first-order chi connectivity index (χ1) is 10.1. The van der Waals surface area contributed by atoms with E-state index in [4.69, 9.17) is 33.5 Å². The molecule has 7 heteroatoms. The Balaban J connectivity index is 1.85. The summed E-state index contributed by atoms with van der Waals surface area (Å²) in [6.07, 6.45) is 2.05. The SMILES string of the molecule is Nc1cc(-c2nc(Cc3ccc(Cl)cc3Cl)no2)ccn1. The van der Waals surface area contributed by atoms with Crippen molar-refractivity contribution in [1.29, 1.82) is 0 Å². The second-order valence-corrected chi connectivity index (χ2v) is 5.24. The molecule has 2 aromatic heterocycles. The summed E-state index contributed by atoms with van der Waals surface area (Å²) in [5.41, 5.74) is 7.23. The predicted molar refractivity (Wildman–Crippen MR) is 81.2 cm³/mol. The van der Waals surface area contributed by atoms with Gasteiger partial charge in [-0.2, -0.15) is 4.98 Å². The van der Waals surface area contributed by atoms with E-state index in [1.165, 1.54) is 0 Å². The molecule has 0 spiro atoms. The van der Waals surface area contributed by atoms with Gasteiger partial charge in [0, 0.05) is 28.2 Å². The number of nitrogen functional groups attached to an aromatic ring is 1. The van der Waals surface area contributed by atoms with Gasteiger partial charge in [-0.15, -0.1) is 0 Å². The Morgan fingerprint density at radius 2 is 2.00 bits per heavy atom. The average Bonchev–Trinajstić information content (AvgIpc) is 2.91. The highest BCUT2D eigenvalue weighted by Crippen LogP contribution is 2.24. The summed E-state index contributed by atoms with van der Waals surface area (Å²) < 4.78 is 5.23. The normalized spacial score (nSPS) is 10.8. The van der Waals surface area contributed by atoms with Gasteiger partial charge in [-0.3, -0.25) is 0 Å². The molecule has 0 radical (unpaired) electrons. The van der Waals surface area contributed by atoms with Gasteiger partial charge < -0.3 is 10.3 Å². The summed E-state index contributed by atoms with van der Waals surface area (Å²) in [6.45, 7) is 0. The van der Waals surface area contributed by atoms with Crippen LogP contribution in [-0.2, 0) is 6.42 Å². The summed E-state index contributed by atoms with van der Waals surface area (Å²) in [5, 5.41) is 5.10. The second-order valence-electron chi connectivity index (χ2n) is 4.40. The summed E-state index contributed by atoms with van der Waals surface area (Å²) in [4.78, 5) is 8.25. The fourth-order valence-corrected chi connectivity index (χ4v) is 2.34. The van der Waals surface area contributed by atoms with Crippen LogP contribution in [0, 0.1) is 0 Å². The standard InChI is InChI=1S/C14H10Cl2N4O/c15-10-2-1-8(11(16)7-10)6-13-19-14(21-20-13)9-3-4-18-12(17)5-9/h1-5,7H,6H2,(H2,17,18). The van der Waals surface area contributed by atoms with Crippen LogP contribution in [0.25, 0.3) is 11.5 Å². The smallest absolute Gasteiger partial charge is 0.258 e. The average molecular weight is 321 g/mol. The van der Waals surface area contributed by atoms with Crippen LogP contribution in [0.3, 0.4) is 0 Å². The van der Waals surface area contributed by atoms with Gasteiger partial charge in [-0.1, -0.05) is 34.4 Å². The first kappa shape index (κ1) is 13.9. The number of hydrogen-bond donors (Lipinski definition) is 1. The van der Waals surface area contributed by atoms with Gasteiger partial charge in [0.05, 0.1) is 0 Å². The third kappa shape index (κ3) is 3.15. The van der Waals surface area contributed by atoms with E-state index in [0.29, 0.717) is 34.0 Å². The third-order valence-corrected chi connectivity index (χ3v) is 3.45. The van der Waals surface area contributed by atoms with Crippen molar-refractivity contribution in [2.45, 2.75) is 6.42 Å². The van der Waals surface area contributed by atoms with Gasteiger partial charge in [-0.25, -0.2) is 4.98 Å². The zero-order valence-corrected chi connectivity index (χ0v) is 12.3. The molecule has 3 aromatic rings. The Morgan fingerprint density at radius 3 is 2.76 bits per heavy atom. The van der Waals surface area contributed by atoms with E-state index in [1.54, 1.807) is 30.5 Å². The van der Waals surface area contributed by atoms with Gasteiger partial charge in [0.1, 0.15) is 5.82 Å². The van der Waals surface area contributed by atoms with E-state index < -0.39 is 0 Å². The van der Waals surface area contributed by atoms with Crippen molar-refractivity contribution in [3.05, 3.63) is 58.0 Å². The van der Waals surface area contributed by atoms with Crippen molar-refractivity contribution >= 4 is 29.0 Å². The molecule has 2 N–H and O–H groups in total. The fourth-order valence-electron chi connectivity index (χ4n) is 1.86. The zero-order chi connectivity index (χ0) is 14.8. The van der Waals surface area contributed by atoms with Crippen molar-refractivity contribution < 1.29 is 4.52 Å². The molecule has 0 bridgehead atoms. The number of nitrogens with two attached hydrogens (primary N) is 1. The number of anilines is 1. The number of pyridine rings is 1. The lowest BCUT2D eigenvalue weighted by Gasteiger charge is -2.00. The first-order valence-electron chi connectivity index (χ1n) is 6.10. The predicted octanol–water partition coefficient (Wildman–Crippen LogP) is 3.61. The van der Waals surface area contributed by atoms with E-state index in [-0.39, 0.29) is 0 Å². The quantitative estimate of drug-likeness (QED) is 0.797. The Hall–Kier alpha value is -2.11. The Bertz CT molecular complexity index is 788. The summed E-state index contributed by atoms with van der Waals surface area (Å²) in [6, 6.07) is 8.72. The number of benzene rings is 1. The van der Waals surface area contributed by atoms with Crippen LogP contribution in [0.2, 0.25) is 10.0 Å². The molecule has 5 nitrogen and oxygen atoms in total. The highest BCUT2D eigenvalue weighted by molar-refractivity contribution is 6.35. The minimum atomic E-state index is 0.393. The topological polar surface area (TPSA) is 77.8 Å². The van der Waals surface area contributed by atoms with Crippen LogP contribution in [0.1, 0.15) is 11.4 Å². The lowest BCUT2D eigenvalue weighted by Crippen LogP contribution is -1.92. The highest BCUT2D eigenvalue weighted by atomic mass is 35.5. The van der Waals surface area contributed by atoms with Gasteiger partial charge in [0.25, 0.3) is 5.89 Å². The molecule has 0 saturated carbocycles. The maximum Gasteiger partial charge on any atom is 0.258 e. The number of halogens is 2. The fraction of sp³-hybridized carbons (Fsp3) is 0.0714. The van der Waals surface area contributed by atoms with Crippen molar-refractivity contribution in [3.8, 4) is 11.5 Å². The van der Waals surface area contributed by atoms with E-state index in [0.717, 1.165) is 11.1 Å². The lowest BCUT2D eigenvalue weighted by molar-refractivity contribution is 0.424. The third-order valence-electron chi connectivity index (χ3n) is 2.86. The Kier molecular flexibility index (Phi) is 3.77. The van der Waals surface area contributed by atoms with Crippen molar-refractivity contribution in [1.82, 2.24) is 15.1 Å². The molecule has 0 fully saturated rings. The molecular formula is C14H10Cl2N4O. The molecule has 0 aliphatic heterocycles. The molecular weight excluding hydrogens is 311 g/mol. The van der Waals surface area contributed by atoms with E-state index >= 15 is 0 Å². The number of nitrogens with zero attached hydrogens (tertiary/aromatic N) is 3. The number of rotatable bonds is 3. The van der Waals surface area contributed by atoms with Gasteiger partial charge >= 0.3 is 0 Å². The zero-order valence-electron chi connectivity index (χ0n) is 10.8. The largest absolute Gasteiger partial charge is 0.384 e. The van der Waals surface area contributed by atoms with Crippen LogP contribution in [-0.4, -0.2) is 15.1 Å². The Labute approximate surface area is 130 Å². The van der Waals surface area contributed by atoms with Gasteiger partial charge in [0.15, 0.2) is 5.82 Å². The van der Waals surface area contributed by atoms with Crippen molar-refractivity contribution in [3.63, 3.8) is 0 Å². The molecule has 0 unspecified atom stereocenters. The molecule has 0 saturated heterocycles. The lowest BCUT2D eigenvalue weighted by atomic mass is 10.1. The maximum atomic E-state index is 6.13. The molecule has 3 rings (SSSR count). The monoisotopic (exact) mass is 320 g/mol. The van der Waals surface area contributed by atoms with Crippen LogP contribution in [0.15, 0.2) is 41.1 Å². The number of aromatic nitrogens is 3. The minimum Gasteiger partial charge on any atom is -0.384 e. The summed E-state index contributed by atoms with van der Waals surface area (Å²) in [7, 11) is 0. The summed E-state index contributed by atoms with van der Waals surface area (Å²) >= 11 is 12.0. The van der Waals surface area contributed by atoms with Crippen molar-refractivity contribution in [2.24, 2.45) is 0 Å². The van der Waals surface area contributed by atoms with Crippen LogP contribution >= 0.6 is 23.2 Å². The minimum absolute atomic E-state index is 0.393. The Morgan fingerprint density at radius 1 is 1.14 bits per heavy atom. The molecule has 2 heterocycles. The molecule has 21 heavy (non-hydrogen) atoms. The summed E-state index contributed by atoms with van der Waals surface area (Å²) in [5.74, 6) is 1.32. The molecule has 0 aliphatic carbocycles. The number of hydrogen-bond acceptors (Lipinski definition) is 5. The van der Waals surface area contributed by atoms with E-state index in [1.807, 2.05) is 6.07 Å². The van der Waals surface area contributed by atoms with Crippen LogP contribution in [0.4, 0.5) is 5.82 Å². The maximum absolute atomic E-state index is 6.13. The molecule has 1 aromatic carbocycles. The van der Waals surface area contributed by atoms with Crippen LogP contribution in [0.5, 0.6) is 0 Å². The molecule has 0 amide bonds. The molecule has 0 aliphatic rings. The van der Waals surface area contributed by atoms with E-state index in [9.17, 15) is 0 Å². The first-order valence-corrected chi connectivity index (χ1v) is 6.86. The van der Waals surface area contributed by atoms with Gasteiger partial charge in [-0.05, 0) is 29.8 Å². The second kappa shape index (κ2) is 5.71.